The Balaban J connectivity index is 2.00. The molecule has 0 aliphatic heterocycles. The van der Waals surface area contributed by atoms with Gasteiger partial charge < -0.3 is 21.4 Å². The minimum Gasteiger partial charge on any atom is -0.353 e. The zero-order valence-corrected chi connectivity index (χ0v) is 18.0. The monoisotopic (exact) mass is 440 g/mol. The summed E-state index contributed by atoms with van der Waals surface area (Å²) in [4.78, 5) is 20.7. The van der Waals surface area contributed by atoms with Crippen LogP contribution in [-0.2, 0) is 0 Å². The van der Waals surface area contributed by atoms with Gasteiger partial charge in [-0.1, -0.05) is 11.6 Å². The van der Waals surface area contributed by atoms with Crippen LogP contribution in [0.15, 0.2) is 42.7 Å². The SMILES string of the molecule is Cc1cnc(-c2cc(Cl)ccc2F)cc1Nc1ccnc(C=N)c1NC(=O)NC(C)C. The number of nitrogens with one attached hydrogen (secondary N) is 4. The lowest BCUT2D eigenvalue weighted by Gasteiger charge is -2.17. The maximum atomic E-state index is 14.3. The molecular formula is C22H22ClFN6O. The summed E-state index contributed by atoms with van der Waals surface area (Å²) >= 11 is 6.02. The summed E-state index contributed by atoms with van der Waals surface area (Å²) in [5.41, 5.74) is 3.30. The number of aryl methyl sites for hydroxylation is 1. The molecule has 160 valence electrons. The van der Waals surface area contributed by atoms with Crippen molar-refractivity contribution < 1.29 is 9.18 Å². The molecule has 2 heterocycles. The second-order valence-corrected chi connectivity index (χ2v) is 7.59. The normalized spacial score (nSPS) is 10.6. The van der Waals surface area contributed by atoms with Crippen molar-refractivity contribution in [2.45, 2.75) is 26.8 Å². The fraction of sp³-hybridized carbons (Fsp3) is 0.182. The van der Waals surface area contributed by atoms with Gasteiger partial charge in [0.15, 0.2) is 0 Å². The molecule has 0 atom stereocenters. The first-order chi connectivity index (χ1) is 14.8. The van der Waals surface area contributed by atoms with Crippen molar-refractivity contribution in [3.8, 4) is 11.3 Å². The molecule has 2 aromatic heterocycles. The van der Waals surface area contributed by atoms with Crippen LogP contribution in [0.2, 0.25) is 5.02 Å². The number of carbonyl (C=O) groups excluding carboxylic acids is 1. The van der Waals surface area contributed by atoms with E-state index >= 15 is 0 Å². The second-order valence-electron chi connectivity index (χ2n) is 7.15. The Labute approximate surface area is 184 Å². The van der Waals surface area contributed by atoms with E-state index in [0.717, 1.165) is 11.8 Å². The van der Waals surface area contributed by atoms with E-state index in [4.69, 9.17) is 17.0 Å². The van der Waals surface area contributed by atoms with Crippen LogP contribution in [-0.4, -0.2) is 28.3 Å². The van der Waals surface area contributed by atoms with Gasteiger partial charge in [0, 0.05) is 40.9 Å². The third-order valence-electron chi connectivity index (χ3n) is 4.35. The van der Waals surface area contributed by atoms with E-state index < -0.39 is 11.8 Å². The topological polar surface area (TPSA) is 103 Å². The fourth-order valence-electron chi connectivity index (χ4n) is 2.88. The molecule has 0 unspecified atom stereocenters. The highest BCUT2D eigenvalue weighted by atomic mass is 35.5. The lowest BCUT2D eigenvalue weighted by molar-refractivity contribution is 0.250. The molecule has 0 aliphatic rings. The standard InChI is InChI=1S/C22H22ClFN6O/c1-12(2)28-22(31)30-21-17(6-7-26-20(21)10-25)29-18-9-19(27-11-13(18)3)15-8-14(23)4-5-16(15)24/h4-12,25H,1-3H3,(H,26,27,29)(H2,28,30,31). The third kappa shape index (κ3) is 5.35. The number of anilines is 3. The van der Waals surface area contributed by atoms with E-state index in [0.29, 0.717) is 27.8 Å². The van der Waals surface area contributed by atoms with E-state index in [2.05, 4.69) is 25.9 Å². The highest BCUT2D eigenvalue weighted by molar-refractivity contribution is 6.30. The zero-order valence-electron chi connectivity index (χ0n) is 17.3. The van der Waals surface area contributed by atoms with E-state index in [1.807, 2.05) is 20.8 Å². The van der Waals surface area contributed by atoms with E-state index in [-0.39, 0.29) is 17.3 Å². The van der Waals surface area contributed by atoms with Crippen molar-refractivity contribution in [1.82, 2.24) is 15.3 Å². The average Bonchev–Trinajstić information content (AvgIpc) is 2.72. The van der Waals surface area contributed by atoms with Crippen molar-refractivity contribution in [2.75, 3.05) is 10.6 Å². The van der Waals surface area contributed by atoms with Crippen molar-refractivity contribution in [3.63, 3.8) is 0 Å². The molecule has 2 amide bonds. The molecule has 7 nitrogen and oxygen atoms in total. The minimum atomic E-state index is -0.436. The Bertz CT molecular complexity index is 1130. The maximum Gasteiger partial charge on any atom is 0.319 e. The number of hydrogen-bond acceptors (Lipinski definition) is 5. The van der Waals surface area contributed by atoms with Gasteiger partial charge in [-0.15, -0.1) is 0 Å². The molecule has 0 spiro atoms. The number of nitrogens with zero attached hydrogens (tertiary/aromatic N) is 2. The van der Waals surface area contributed by atoms with Crippen LogP contribution >= 0.6 is 11.6 Å². The molecule has 3 aromatic rings. The first-order valence-electron chi connectivity index (χ1n) is 9.54. The van der Waals surface area contributed by atoms with Gasteiger partial charge in [-0.3, -0.25) is 9.97 Å². The maximum absolute atomic E-state index is 14.3. The van der Waals surface area contributed by atoms with Gasteiger partial charge in [0.05, 0.1) is 17.1 Å². The summed E-state index contributed by atoms with van der Waals surface area (Å²) in [5, 5.41) is 16.8. The molecule has 9 heteroatoms. The van der Waals surface area contributed by atoms with Gasteiger partial charge >= 0.3 is 6.03 Å². The summed E-state index contributed by atoms with van der Waals surface area (Å²) in [7, 11) is 0. The van der Waals surface area contributed by atoms with Crippen molar-refractivity contribution in [2.24, 2.45) is 0 Å². The summed E-state index contributed by atoms with van der Waals surface area (Å²) in [5.74, 6) is -0.436. The summed E-state index contributed by atoms with van der Waals surface area (Å²) in [6.07, 6.45) is 4.21. The predicted octanol–water partition coefficient (Wildman–Crippen LogP) is 5.52. The summed E-state index contributed by atoms with van der Waals surface area (Å²) in [6, 6.07) is 7.19. The van der Waals surface area contributed by atoms with Crippen LogP contribution in [0.25, 0.3) is 11.3 Å². The molecule has 0 aliphatic carbocycles. The Hall–Kier alpha value is -3.52. The first-order valence-corrected chi connectivity index (χ1v) is 9.92. The average molecular weight is 441 g/mol. The van der Waals surface area contributed by atoms with Gasteiger partial charge in [-0.25, -0.2) is 9.18 Å². The molecule has 0 bridgehead atoms. The molecule has 4 N–H and O–H groups in total. The van der Waals surface area contributed by atoms with Gasteiger partial charge in [-0.2, -0.15) is 0 Å². The Morgan fingerprint density at radius 1 is 1.19 bits per heavy atom. The molecule has 0 saturated carbocycles. The van der Waals surface area contributed by atoms with Crippen LogP contribution in [0.5, 0.6) is 0 Å². The molecule has 0 fully saturated rings. The van der Waals surface area contributed by atoms with E-state index in [1.54, 1.807) is 18.3 Å². The van der Waals surface area contributed by atoms with Crippen LogP contribution < -0.4 is 16.0 Å². The first kappa shape index (κ1) is 22.2. The van der Waals surface area contributed by atoms with Gasteiger partial charge in [0.2, 0.25) is 0 Å². The Kier molecular flexibility index (Phi) is 6.81. The van der Waals surface area contributed by atoms with E-state index in [9.17, 15) is 9.18 Å². The number of hydrogen-bond donors (Lipinski definition) is 4. The second kappa shape index (κ2) is 9.53. The fourth-order valence-corrected chi connectivity index (χ4v) is 3.05. The van der Waals surface area contributed by atoms with Crippen LogP contribution in [0.4, 0.5) is 26.2 Å². The van der Waals surface area contributed by atoms with Crippen molar-refractivity contribution in [3.05, 3.63) is 64.8 Å². The lowest BCUT2D eigenvalue weighted by Crippen LogP contribution is -2.34. The summed E-state index contributed by atoms with van der Waals surface area (Å²) in [6.45, 7) is 5.54. The van der Waals surface area contributed by atoms with Crippen molar-refractivity contribution >= 4 is 40.9 Å². The Morgan fingerprint density at radius 3 is 2.68 bits per heavy atom. The highest BCUT2D eigenvalue weighted by Gasteiger charge is 2.15. The number of pyridine rings is 2. The minimum absolute atomic E-state index is 0.0610. The van der Waals surface area contributed by atoms with Crippen LogP contribution in [0, 0.1) is 18.2 Å². The lowest BCUT2D eigenvalue weighted by atomic mass is 10.1. The predicted molar refractivity (Wildman–Crippen MR) is 122 cm³/mol. The van der Waals surface area contributed by atoms with Crippen molar-refractivity contribution in [1.29, 1.82) is 5.41 Å². The molecule has 0 saturated heterocycles. The number of aromatic nitrogens is 2. The largest absolute Gasteiger partial charge is 0.353 e. The van der Waals surface area contributed by atoms with Crippen LogP contribution in [0.3, 0.4) is 0 Å². The van der Waals surface area contributed by atoms with E-state index in [1.165, 1.54) is 24.4 Å². The van der Waals surface area contributed by atoms with Gasteiger partial charge in [0.1, 0.15) is 11.5 Å². The molecule has 3 rings (SSSR count). The van der Waals surface area contributed by atoms with Gasteiger partial charge in [0.25, 0.3) is 0 Å². The van der Waals surface area contributed by atoms with Gasteiger partial charge in [-0.05, 0) is 56.7 Å². The molecule has 1 aromatic carbocycles. The number of rotatable bonds is 6. The zero-order chi connectivity index (χ0) is 22.5. The smallest absolute Gasteiger partial charge is 0.319 e. The number of urea groups is 1. The molecule has 31 heavy (non-hydrogen) atoms. The molecule has 0 radical (unpaired) electrons. The number of carbonyl (C=O) groups is 1. The molecular weight excluding hydrogens is 419 g/mol. The number of halogens is 2. The quantitative estimate of drug-likeness (QED) is 0.379. The van der Waals surface area contributed by atoms with Crippen LogP contribution in [0.1, 0.15) is 25.1 Å². The summed E-state index contributed by atoms with van der Waals surface area (Å²) < 4.78 is 14.3. The number of benzene rings is 1. The number of amides is 2. The third-order valence-corrected chi connectivity index (χ3v) is 4.59. The Morgan fingerprint density at radius 2 is 1.97 bits per heavy atom. The highest BCUT2D eigenvalue weighted by Crippen LogP contribution is 2.32.